The van der Waals surface area contributed by atoms with Crippen LogP contribution in [0.1, 0.15) is 44.9 Å². The molecule has 6 rings (SSSR count). The zero-order chi connectivity index (χ0) is 17.7. The van der Waals surface area contributed by atoms with Gasteiger partial charge >= 0.3 is 5.97 Å². The Balaban J connectivity index is 1.18. The molecule has 0 saturated heterocycles. The molecule has 0 spiro atoms. The summed E-state index contributed by atoms with van der Waals surface area (Å²) in [5.41, 5.74) is 6.99. The summed E-state index contributed by atoms with van der Waals surface area (Å²) in [6.45, 7) is 1.14. The van der Waals surface area contributed by atoms with Crippen molar-refractivity contribution in [2.45, 2.75) is 51.5 Å². The number of carbonyl (C=O) groups is 1. The van der Waals surface area contributed by atoms with Gasteiger partial charge in [-0.1, -0.05) is 0 Å². The van der Waals surface area contributed by atoms with Gasteiger partial charge in [0.25, 0.3) is 0 Å². The fourth-order valence-electron chi connectivity index (χ4n) is 5.98. The average Bonchev–Trinajstić information content (AvgIpc) is 3.02. The molecule has 0 atom stereocenters. The van der Waals surface area contributed by atoms with E-state index in [0.29, 0.717) is 24.5 Å². The van der Waals surface area contributed by atoms with Crippen molar-refractivity contribution >= 4 is 23.0 Å². The Kier molecular flexibility index (Phi) is 3.65. The Hall–Kier alpha value is -2.18. The van der Waals surface area contributed by atoms with Crippen LogP contribution in [-0.4, -0.2) is 32.1 Å². The maximum Gasteiger partial charge on any atom is 0.312 e. The highest BCUT2D eigenvalue weighted by molar-refractivity contribution is 5.81. The van der Waals surface area contributed by atoms with Gasteiger partial charge in [-0.15, -0.1) is 0 Å². The van der Waals surface area contributed by atoms with Crippen LogP contribution in [0, 0.1) is 23.2 Å². The van der Waals surface area contributed by atoms with Crippen molar-refractivity contribution < 1.29 is 9.53 Å². The van der Waals surface area contributed by atoms with Crippen LogP contribution in [0.3, 0.4) is 0 Å². The molecular weight excluding hydrogens is 330 g/mol. The molecule has 0 aromatic carbocycles. The normalized spacial score (nSPS) is 32.2. The van der Waals surface area contributed by atoms with Crippen LogP contribution in [-0.2, 0) is 16.1 Å². The van der Waals surface area contributed by atoms with Gasteiger partial charge in [-0.25, -0.2) is 15.0 Å². The van der Waals surface area contributed by atoms with E-state index in [4.69, 9.17) is 10.5 Å². The zero-order valence-corrected chi connectivity index (χ0v) is 14.9. The highest BCUT2D eigenvalue weighted by Crippen LogP contribution is 2.60. The van der Waals surface area contributed by atoms with Gasteiger partial charge in [0.15, 0.2) is 11.5 Å². The molecule has 0 unspecified atom stereocenters. The Labute approximate surface area is 152 Å². The first-order valence-electron chi connectivity index (χ1n) is 9.71. The number of aromatic nitrogens is 4. The summed E-state index contributed by atoms with van der Waals surface area (Å²) in [6.07, 6.45) is 11.1. The quantitative estimate of drug-likeness (QED) is 0.654. The molecule has 0 radical (unpaired) electrons. The number of hydrogen-bond donors (Lipinski definition) is 1. The first kappa shape index (κ1) is 16.0. The van der Waals surface area contributed by atoms with Gasteiger partial charge < -0.3 is 15.0 Å². The molecule has 0 aliphatic heterocycles. The van der Waals surface area contributed by atoms with E-state index in [0.717, 1.165) is 49.1 Å². The van der Waals surface area contributed by atoms with Gasteiger partial charge in [-0.05, 0) is 62.7 Å². The number of nitrogens with two attached hydrogens (primary N) is 1. The van der Waals surface area contributed by atoms with Crippen molar-refractivity contribution in [2.24, 2.45) is 23.2 Å². The lowest BCUT2D eigenvalue weighted by atomic mass is 9.49. The second-order valence-electron chi connectivity index (χ2n) is 8.56. The highest BCUT2D eigenvalue weighted by atomic mass is 16.5. The van der Waals surface area contributed by atoms with E-state index >= 15 is 0 Å². The molecule has 4 aliphatic carbocycles. The maximum atomic E-state index is 12.8. The van der Waals surface area contributed by atoms with E-state index < -0.39 is 0 Å². The molecular formula is C19H25N5O2. The van der Waals surface area contributed by atoms with E-state index in [-0.39, 0.29) is 11.4 Å². The first-order valence-corrected chi connectivity index (χ1v) is 9.71. The van der Waals surface area contributed by atoms with Crippen molar-refractivity contribution in [1.82, 2.24) is 19.5 Å². The number of hydrogen-bond acceptors (Lipinski definition) is 6. The van der Waals surface area contributed by atoms with Crippen LogP contribution in [0.15, 0.2) is 12.7 Å². The van der Waals surface area contributed by atoms with Gasteiger partial charge in [0.05, 0.1) is 18.3 Å². The highest BCUT2D eigenvalue weighted by Gasteiger charge is 2.55. The summed E-state index contributed by atoms with van der Waals surface area (Å²) in [7, 11) is 0. The number of esters is 1. The summed E-state index contributed by atoms with van der Waals surface area (Å²) < 4.78 is 7.67. The molecule has 2 aromatic heterocycles. The number of fused-ring (bicyclic) bond motifs is 1. The van der Waals surface area contributed by atoms with Crippen LogP contribution in [0.25, 0.3) is 11.2 Å². The van der Waals surface area contributed by atoms with Crippen LogP contribution >= 0.6 is 0 Å². The average molecular weight is 355 g/mol. The fourth-order valence-corrected chi connectivity index (χ4v) is 5.98. The molecule has 4 saturated carbocycles. The van der Waals surface area contributed by atoms with Gasteiger partial charge in [0.1, 0.15) is 11.8 Å². The molecule has 7 nitrogen and oxygen atoms in total. The van der Waals surface area contributed by atoms with Crippen molar-refractivity contribution in [3.8, 4) is 0 Å². The lowest BCUT2D eigenvalue weighted by molar-refractivity contribution is -0.171. The summed E-state index contributed by atoms with van der Waals surface area (Å²) in [5.74, 6) is 2.73. The van der Waals surface area contributed by atoms with E-state index in [1.54, 1.807) is 6.33 Å². The molecule has 4 aliphatic rings. The second kappa shape index (κ2) is 5.93. The third-order valence-corrected chi connectivity index (χ3v) is 6.68. The molecule has 26 heavy (non-hydrogen) atoms. The van der Waals surface area contributed by atoms with Crippen LogP contribution in [0.4, 0.5) is 5.82 Å². The number of nitrogens with zero attached hydrogens (tertiary/aromatic N) is 4. The summed E-state index contributed by atoms with van der Waals surface area (Å²) in [4.78, 5) is 25.3. The largest absolute Gasteiger partial charge is 0.465 e. The van der Waals surface area contributed by atoms with Crippen LogP contribution in [0.5, 0.6) is 0 Å². The number of anilines is 1. The van der Waals surface area contributed by atoms with Crippen molar-refractivity contribution in [3.63, 3.8) is 0 Å². The number of carbonyl (C=O) groups excluding carboxylic acids is 1. The topological polar surface area (TPSA) is 95.9 Å². The second-order valence-corrected chi connectivity index (χ2v) is 8.56. The number of aryl methyl sites for hydroxylation is 1. The molecule has 138 valence electrons. The third kappa shape index (κ3) is 2.56. The van der Waals surface area contributed by atoms with Gasteiger partial charge in [0, 0.05) is 6.54 Å². The number of nitrogen functional groups attached to an aromatic ring is 1. The smallest absolute Gasteiger partial charge is 0.312 e. The molecule has 4 fully saturated rings. The minimum Gasteiger partial charge on any atom is -0.465 e. The predicted octanol–water partition coefficient (Wildman–Crippen LogP) is 2.56. The van der Waals surface area contributed by atoms with Gasteiger partial charge in [-0.2, -0.15) is 0 Å². The number of imidazole rings is 1. The summed E-state index contributed by atoms with van der Waals surface area (Å²) in [5, 5.41) is 0. The number of rotatable bonds is 5. The Morgan fingerprint density at radius 1 is 1.15 bits per heavy atom. The molecule has 2 N–H and O–H groups in total. The molecule has 0 amide bonds. The van der Waals surface area contributed by atoms with E-state index in [1.807, 2.05) is 4.57 Å². The Bertz CT molecular complexity index is 810. The molecule has 7 heteroatoms. The van der Waals surface area contributed by atoms with Gasteiger partial charge in [-0.3, -0.25) is 4.79 Å². The zero-order valence-electron chi connectivity index (χ0n) is 14.9. The number of ether oxygens (including phenoxy) is 1. The SMILES string of the molecule is Nc1ncnc2c1ncn2CCCOC(=O)C12CC3CC(CC(C3)C1)C2. The minimum atomic E-state index is -0.169. The maximum absolute atomic E-state index is 12.8. The predicted molar refractivity (Wildman–Crippen MR) is 95.9 cm³/mol. The van der Waals surface area contributed by atoms with Crippen LogP contribution in [0.2, 0.25) is 0 Å². The first-order chi connectivity index (χ1) is 12.6. The lowest BCUT2D eigenvalue weighted by Crippen LogP contribution is -2.50. The Morgan fingerprint density at radius 2 is 1.85 bits per heavy atom. The van der Waals surface area contributed by atoms with E-state index in [9.17, 15) is 4.79 Å². The van der Waals surface area contributed by atoms with E-state index in [1.165, 1.54) is 25.6 Å². The summed E-state index contributed by atoms with van der Waals surface area (Å²) in [6, 6.07) is 0. The van der Waals surface area contributed by atoms with Gasteiger partial charge in [0.2, 0.25) is 0 Å². The minimum absolute atomic E-state index is 0.0543. The lowest BCUT2D eigenvalue weighted by Gasteiger charge is -2.55. The van der Waals surface area contributed by atoms with Crippen molar-refractivity contribution in [1.29, 1.82) is 0 Å². The molecule has 4 bridgehead atoms. The Morgan fingerprint density at radius 3 is 2.54 bits per heavy atom. The standard InChI is InChI=1S/C19H25N5O2/c20-16-15-17(22-10-21-16)24(11-23-15)2-1-3-26-18(25)19-7-12-4-13(8-19)6-14(5-12)9-19/h10-14H,1-9H2,(H2,20,21,22). The van der Waals surface area contributed by atoms with Crippen molar-refractivity contribution in [3.05, 3.63) is 12.7 Å². The molecule has 2 heterocycles. The fraction of sp³-hybridized carbons (Fsp3) is 0.684. The van der Waals surface area contributed by atoms with Crippen molar-refractivity contribution in [2.75, 3.05) is 12.3 Å². The third-order valence-electron chi connectivity index (χ3n) is 6.68. The monoisotopic (exact) mass is 355 g/mol. The molecule has 2 aromatic rings. The van der Waals surface area contributed by atoms with Crippen LogP contribution < -0.4 is 5.73 Å². The van der Waals surface area contributed by atoms with E-state index in [2.05, 4.69) is 15.0 Å². The summed E-state index contributed by atoms with van der Waals surface area (Å²) >= 11 is 0.